The summed E-state index contributed by atoms with van der Waals surface area (Å²) >= 11 is 1.87. The summed E-state index contributed by atoms with van der Waals surface area (Å²) in [6.07, 6.45) is 0. The van der Waals surface area contributed by atoms with Crippen molar-refractivity contribution in [2.75, 3.05) is 7.11 Å². The van der Waals surface area contributed by atoms with Gasteiger partial charge in [-0.3, -0.25) is 0 Å². The zero-order valence-electron chi connectivity index (χ0n) is 12.9. The van der Waals surface area contributed by atoms with E-state index < -0.39 is 0 Å². The Balaban J connectivity index is 2.06. The summed E-state index contributed by atoms with van der Waals surface area (Å²) < 4.78 is 5.20. The number of ether oxygens (including phenoxy) is 1. The highest BCUT2D eigenvalue weighted by Gasteiger charge is 2.14. The van der Waals surface area contributed by atoms with Crippen LogP contribution in [0.15, 0.2) is 30.3 Å². The first-order valence-electron chi connectivity index (χ1n) is 6.98. The molecule has 2 aromatic rings. The molecule has 0 aliphatic carbocycles. The Morgan fingerprint density at radius 2 is 1.70 bits per heavy atom. The summed E-state index contributed by atoms with van der Waals surface area (Å²) in [5.74, 6) is 0.901. The molecule has 2 unspecified atom stereocenters. The predicted molar refractivity (Wildman–Crippen MR) is 86.8 cm³/mol. The van der Waals surface area contributed by atoms with E-state index in [4.69, 9.17) is 4.74 Å². The summed E-state index contributed by atoms with van der Waals surface area (Å²) in [5, 5.41) is 3.67. The molecule has 1 aromatic heterocycles. The van der Waals surface area contributed by atoms with Crippen LogP contribution in [0.4, 0.5) is 0 Å². The van der Waals surface area contributed by atoms with Crippen LogP contribution in [0.25, 0.3) is 0 Å². The van der Waals surface area contributed by atoms with Gasteiger partial charge in [0, 0.05) is 21.8 Å². The summed E-state index contributed by atoms with van der Waals surface area (Å²) in [6, 6.07) is 11.2. The fourth-order valence-corrected chi connectivity index (χ4v) is 3.56. The minimum Gasteiger partial charge on any atom is -0.497 e. The molecule has 3 heteroatoms. The van der Waals surface area contributed by atoms with Gasteiger partial charge in [0.25, 0.3) is 0 Å². The molecule has 0 saturated carbocycles. The Hall–Kier alpha value is -1.32. The predicted octanol–water partition coefficient (Wildman–Crippen LogP) is 4.79. The Kier molecular flexibility index (Phi) is 4.84. The smallest absolute Gasteiger partial charge is 0.118 e. The highest BCUT2D eigenvalue weighted by molar-refractivity contribution is 7.12. The third-order valence-electron chi connectivity index (χ3n) is 3.66. The van der Waals surface area contributed by atoms with E-state index in [2.05, 4.69) is 51.2 Å². The van der Waals surface area contributed by atoms with E-state index in [9.17, 15) is 0 Å². The summed E-state index contributed by atoms with van der Waals surface area (Å²) in [6.45, 7) is 8.80. The second-order valence-electron chi connectivity index (χ2n) is 5.25. The first-order valence-corrected chi connectivity index (χ1v) is 7.80. The maximum absolute atomic E-state index is 5.20. The van der Waals surface area contributed by atoms with Gasteiger partial charge in [0.2, 0.25) is 0 Å². The number of methoxy groups -OCH3 is 1. The average Bonchev–Trinajstić information content (AvgIpc) is 2.78. The monoisotopic (exact) mass is 289 g/mol. The van der Waals surface area contributed by atoms with Crippen molar-refractivity contribution < 1.29 is 4.74 Å². The SMILES string of the molecule is COc1ccc(C(C)NC(C)c2cc(C)sc2C)cc1. The number of aryl methyl sites for hydroxylation is 2. The van der Waals surface area contributed by atoms with Crippen molar-refractivity contribution in [3.63, 3.8) is 0 Å². The lowest BCUT2D eigenvalue weighted by Gasteiger charge is -2.21. The van der Waals surface area contributed by atoms with Gasteiger partial charge in [-0.1, -0.05) is 12.1 Å². The van der Waals surface area contributed by atoms with Crippen molar-refractivity contribution in [3.8, 4) is 5.75 Å². The van der Waals surface area contributed by atoms with E-state index in [1.165, 1.54) is 20.9 Å². The van der Waals surface area contributed by atoms with E-state index in [0.29, 0.717) is 12.1 Å². The quantitative estimate of drug-likeness (QED) is 0.855. The fourth-order valence-electron chi connectivity index (χ4n) is 2.53. The molecule has 108 valence electrons. The van der Waals surface area contributed by atoms with Gasteiger partial charge in [0.15, 0.2) is 0 Å². The van der Waals surface area contributed by atoms with Gasteiger partial charge in [-0.05, 0) is 57.0 Å². The van der Waals surface area contributed by atoms with Crippen LogP contribution in [-0.2, 0) is 0 Å². The maximum atomic E-state index is 5.20. The van der Waals surface area contributed by atoms with Crippen LogP contribution in [0, 0.1) is 13.8 Å². The molecule has 0 bridgehead atoms. The van der Waals surface area contributed by atoms with Crippen LogP contribution in [0.2, 0.25) is 0 Å². The highest BCUT2D eigenvalue weighted by atomic mass is 32.1. The zero-order chi connectivity index (χ0) is 14.7. The van der Waals surface area contributed by atoms with E-state index in [0.717, 1.165) is 5.75 Å². The van der Waals surface area contributed by atoms with Crippen LogP contribution in [0.1, 0.15) is 46.8 Å². The van der Waals surface area contributed by atoms with Gasteiger partial charge >= 0.3 is 0 Å². The third kappa shape index (κ3) is 3.41. The van der Waals surface area contributed by atoms with Crippen molar-refractivity contribution in [1.29, 1.82) is 0 Å². The number of hydrogen-bond acceptors (Lipinski definition) is 3. The van der Waals surface area contributed by atoms with E-state index in [1.54, 1.807) is 7.11 Å². The molecular formula is C17H23NOS. The Labute approximate surface area is 125 Å². The summed E-state index contributed by atoms with van der Waals surface area (Å²) in [4.78, 5) is 2.78. The molecule has 0 fully saturated rings. The molecule has 0 saturated heterocycles. The van der Waals surface area contributed by atoms with Gasteiger partial charge in [-0.2, -0.15) is 0 Å². The highest BCUT2D eigenvalue weighted by Crippen LogP contribution is 2.28. The first kappa shape index (κ1) is 15.1. The molecule has 20 heavy (non-hydrogen) atoms. The first-order chi connectivity index (χ1) is 9.51. The van der Waals surface area contributed by atoms with Crippen LogP contribution < -0.4 is 10.1 Å². The van der Waals surface area contributed by atoms with E-state index in [1.807, 2.05) is 23.5 Å². The van der Waals surface area contributed by atoms with Crippen LogP contribution in [0.3, 0.4) is 0 Å². The van der Waals surface area contributed by atoms with Gasteiger partial charge in [0.05, 0.1) is 7.11 Å². The van der Waals surface area contributed by atoms with Crippen molar-refractivity contribution in [1.82, 2.24) is 5.32 Å². The van der Waals surface area contributed by atoms with Gasteiger partial charge in [0.1, 0.15) is 5.75 Å². The lowest BCUT2D eigenvalue weighted by atomic mass is 10.0. The Morgan fingerprint density at radius 3 is 2.20 bits per heavy atom. The second kappa shape index (κ2) is 6.42. The number of hydrogen-bond donors (Lipinski definition) is 1. The van der Waals surface area contributed by atoms with Crippen molar-refractivity contribution >= 4 is 11.3 Å². The lowest BCUT2D eigenvalue weighted by molar-refractivity contribution is 0.414. The minimum absolute atomic E-state index is 0.315. The van der Waals surface area contributed by atoms with Gasteiger partial charge in [-0.15, -0.1) is 11.3 Å². The number of nitrogens with one attached hydrogen (secondary N) is 1. The van der Waals surface area contributed by atoms with E-state index >= 15 is 0 Å². The van der Waals surface area contributed by atoms with Crippen molar-refractivity contribution in [2.45, 2.75) is 39.8 Å². The molecule has 2 nitrogen and oxygen atoms in total. The third-order valence-corrected chi connectivity index (χ3v) is 4.64. The van der Waals surface area contributed by atoms with Crippen molar-refractivity contribution in [3.05, 3.63) is 51.2 Å². The molecule has 0 radical (unpaired) electrons. The normalized spacial score (nSPS) is 14.1. The van der Waals surface area contributed by atoms with Crippen LogP contribution in [-0.4, -0.2) is 7.11 Å². The number of thiophene rings is 1. The molecule has 0 aliphatic heterocycles. The molecule has 0 amide bonds. The summed E-state index contributed by atoms with van der Waals surface area (Å²) in [7, 11) is 1.69. The number of rotatable bonds is 5. The average molecular weight is 289 g/mol. The van der Waals surface area contributed by atoms with Gasteiger partial charge in [-0.25, -0.2) is 0 Å². The topological polar surface area (TPSA) is 21.3 Å². The Bertz CT molecular complexity index is 559. The fraction of sp³-hybridized carbons (Fsp3) is 0.412. The molecule has 1 aromatic carbocycles. The standard InChI is InChI=1S/C17H23NOS/c1-11-10-17(14(4)20-11)13(3)18-12(2)15-6-8-16(19-5)9-7-15/h6-10,12-13,18H,1-5H3. The number of benzene rings is 1. The molecular weight excluding hydrogens is 266 g/mol. The Morgan fingerprint density at radius 1 is 1.05 bits per heavy atom. The molecule has 0 aliphatic rings. The van der Waals surface area contributed by atoms with Crippen LogP contribution >= 0.6 is 11.3 Å². The van der Waals surface area contributed by atoms with Crippen molar-refractivity contribution in [2.24, 2.45) is 0 Å². The summed E-state index contributed by atoms with van der Waals surface area (Å²) in [5.41, 5.74) is 2.69. The molecule has 1 N–H and O–H groups in total. The lowest BCUT2D eigenvalue weighted by Crippen LogP contribution is -2.22. The molecule has 0 spiro atoms. The zero-order valence-corrected chi connectivity index (χ0v) is 13.7. The molecule has 1 heterocycles. The second-order valence-corrected chi connectivity index (χ2v) is 6.71. The van der Waals surface area contributed by atoms with Gasteiger partial charge < -0.3 is 10.1 Å². The van der Waals surface area contributed by atoms with Crippen LogP contribution in [0.5, 0.6) is 5.75 Å². The largest absolute Gasteiger partial charge is 0.497 e. The molecule has 2 atom stereocenters. The minimum atomic E-state index is 0.315. The molecule has 2 rings (SSSR count). The van der Waals surface area contributed by atoms with E-state index in [-0.39, 0.29) is 0 Å². The maximum Gasteiger partial charge on any atom is 0.118 e.